The number of hydrogen-bond donors (Lipinski definition) is 2. The number of amides is 1. The van der Waals surface area contributed by atoms with Crippen molar-refractivity contribution in [2.24, 2.45) is 5.73 Å². The summed E-state index contributed by atoms with van der Waals surface area (Å²) < 4.78 is 0. The number of halogens is 1. The van der Waals surface area contributed by atoms with Gasteiger partial charge < -0.3 is 10.7 Å². The summed E-state index contributed by atoms with van der Waals surface area (Å²) >= 11 is 6.03. The van der Waals surface area contributed by atoms with Crippen molar-refractivity contribution in [2.45, 2.75) is 25.3 Å². The van der Waals surface area contributed by atoms with Gasteiger partial charge >= 0.3 is 0 Å². The van der Waals surface area contributed by atoms with Gasteiger partial charge in [-0.1, -0.05) is 11.6 Å². The fraction of sp³-hybridized carbons (Fsp3) is 0.429. The Labute approximate surface area is 122 Å². The average molecular weight is 293 g/mol. The van der Waals surface area contributed by atoms with Crippen LogP contribution in [0.4, 0.5) is 0 Å². The summed E-state index contributed by atoms with van der Waals surface area (Å²) in [7, 11) is 2.09. The van der Waals surface area contributed by atoms with Crippen LogP contribution in [0.15, 0.2) is 12.1 Å². The number of rotatable bonds is 2. The lowest BCUT2D eigenvalue weighted by Gasteiger charge is -2.29. The molecule has 0 radical (unpaired) electrons. The first-order valence-corrected chi connectivity index (χ1v) is 7.00. The largest absolute Gasteiger partial charge is 0.366 e. The molecule has 3 N–H and O–H groups in total. The molecule has 0 spiro atoms. The van der Waals surface area contributed by atoms with Crippen molar-refractivity contribution in [1.82, 2.24) is 14.9 Å². The van der Waals surface area contributed by atoms with Crippen LogP contribution in [-0.2, 0) is 5.54 Å². The molecular formula is C14H17ClN4O. The molecule has 6 heteroatoms. The minimum atomic E-state index is -0.513. The van der Waals surface area contributed by atoms with E-state index in [-0.39, 0.29) is 5.54 Å². The molecule has 2 aromatic rings. The number of imidazole rings is 1. The molecule has 0 unspecified atom stereocenters. The van der Waals surface area contributed by atoms with Crippen LogP contribution in [-0.4, -0.2) is 34.4 Å². The van der Waals surface area contributed by atoms with Crippen molar-refractivity contribution >= 4 is 28.5 Å². The van der Waals surface area contributed by atoms with Gasteiger partial charge in [-0.15, -0.1) is 0 Å². The third-order valence-corrected chi connectivity index (χ3v) is 4.54. The molecule has 0 saturated carbocycles. The molecule has 2 heterocycles. The standard InChI is InChI=1S/C14H17ClN4O/c1-14(4-3-5-19(14)2)13-17-10-7-8(15)6-9(12(16)20)11(10)18-13/h6-7H,3-5H2,1-2H3,(H2,16,20)(H,17,18)/t14-/m1/s1. The van der Waals surface area contributed by atoms with Gasteiger partial charge in [0, 0.05) is 5.02 Å². The van der Waals surface area contributed by atoms with Gasteiger partial charge in [0.2, 0.25) is 0 Å². The van der Waals surface area contributed by atoms with Crippen LogP contribution < -0.4 is 5.73 Å². The normalized spacial score (nSPS) is 23.6. The van der Waals surface area contributed by atoms with Gasteiger partial charge in [0.05, 0.1) is 16.6 Å². The molecule has 1 aromatic carbocycles. The summed E-state index contributed by atoms with van der Waals surface area (Å²) in [5, 5.41) is 0.478. The number of aromatic amines is 1. The maximum absolute atomic E-state index is 11.5. The van der Waals surface area contributed by atoms with Crippen LogP contribution in [0.25, 0.3) is 11.0 Å². The summed E-state index contributed by atoms with van der Waals surface area (Å²) in [6.07, 6.45) is 2.16. The van der Waals surface area contributed by atoms with E-state index in [0.717, 1.165) is 30.7 Å². The van der Waals surface area contributed by atoms with Gasteiger partial charge in [-0.2, -0.15) is 0 Å². The van der Waals surface area contributed by atoms with E-state index in [4.69, 9.17) is 17.3 Å². The number of likely N-dealkylation sites (tertiary alicyclic amines) is 1. The Morgan fingerprint density at radius 2 is 2.30 bits per heavy atom. The molecule has 1 aromatic heterocycles. The lowest BCUT2D eigenvalue weighted by molar-refractivity contribution is 0.100. The zero-order chi connectivity index (χ0) is 14.5. The molecule has 5 nitrogen and oxygen atoms in total. The van der Waals surface area contributed by atoms with Crippen LogP contribution in [0.2, 0.25) is 5.02 Å². The smallest absolute Gasteiger partial charge is 0.251 e. The number of nitrogens with zero attached hydrogens (tertiary/aromatic N) is 2. The minimum Gasteiger partial charge on any atom is -0.366 e. The highest BCUT2D eigenvalue weighted by molar-refractivity contribution is 6.32. The first-order valence-electron chi connectivity index (χ1n) is 6.62. The van der Waals surface area contributed by atoms with Crippen LogP contribution >= 0.6 is 11.6 Å². The van der Waals surface area contributed by atoms with Gasteiger partial charge in [0.1, 0.15) is 11.3 Å². The number of H-pyrrole nitrogens is 1. The van der Waals surface area contributed by atoms with Crippen molar-refractivity contribution < 1.29 is 4.79 Å². The van der Waals surface area contributed by atoms with Crippen LogP contribution in [0.3, 0.4) is 0 Å². The maximum Gasteiger partial charge on any atom is 0.251 e. The molecule has 1 atom stereocenters. The Kier molecular flexibility index (Phi) is 2.99. The summed E-state index contributed by atoms with van der Waals surface area (Å²) in [6.45, 7) is 3.19. The SMILES string of the molecule is CN1CCC[C@]1(C)c1nc2c(C(N)=O)cc(Cl)cc2[nH]1. The van der Waals surface area contributed by atoms with E-state index in [1.165, 1.54) is 0 Å². The lowest BCUT2D eigenvalue weighted by atomic mass is 9.98. The third kappa shape index (κ3) is 1.89. The number of carbonyl (C=O) groups is 1. The van der Waals surface area contributed by atoms with Gasteiger partial charge in [0.15, 0.2) is 0 Å². The topological polar surface area (TPSA) is 75.0 Å². The van der Waals surface area contributed by atoms with E-state index in [2.05, 4.69) is 28.8 Å². The molecule has 3 rings (SSSR count). The third-order valence-electron chi connectivity index (χ3n) is 4.33. The highest BCUT2D eigenvalue weighted by atomic mass is 35.5. The van der Waals surface area contributed by atoms with Gasteiger partial charge in [-0.05, 0) is 45.5 Å². The Balaban J connectivity index is 2.20. The summed E-state index contributed by atoms with van der Waals surface area (Å²) in [5.74, 6) is 0.345. The first kappa shape index (κ1) is 13.4. The zero-order valence-corrected chi connectivity index (χ0v) is 12.3. The average Bonchev–Trinajstić information content (AvgIpc) is 2.94. The second kappa shape index (κ2) is 4.46. The van der Waals surface area contributed by atoms with Crippen molar-refractivity contribution in [3.63, 3.8) is 0 Å². The van der Waals surface area contributed by atoms with Crippen molar-refractivity contribution in [3.05, 3.63) is 28.5 Å². The zero-order valence-electron chi connectivity index (χ0n) is 11.5. The van der Waals surface area contributed by atoms with Crippen molar-refractivity contribution in [1.29, 1.82) is 0 Å². The first-order chi connectivity index (χ1) is 9.41. The van der Waals surface area contributed by atoms with Crippen LogP contribution in [0.1, 0.15) is 35.9 Å². The highest BCUT2D eigenvalue weighted by Crippen LogP contribution is 2.37. The maximum atomic E-state index is 11.5. The number of primary amides is 1. The Bertz CT molecular complexity index is 696. The number of aromatic nitrogens is 2. The molecule has 20 heavy (non-hydrogen) atoms. The number of fused-ring (bicyclic) bond motifs is 1. The van der Waals surface area contributed by atoms with Gasteiger partial charge in [-0.25, -0.2) is 4.98 Å². The lowest BCUT2D eigenvalue weighted by Crippen LogP contribution is -2.36. The van der Waals surface area contributed by atoms with E-state index in [9.17, 15) is 4.79 Å². The second-order valence-corrected chi connectivity index (χ2v) is 6.03. The number of benzene rings is 1. The second-order valence-electron chi connectivity index (χ2n) is 5.60. The number of nitrogens with one attached hydrogen (secondary N) is 1. The van der Waals surface area contributed by atoms with Gasteiger partial charge in [-0.3, -0.25) is 9.69 Å². The fourth-order valence-electron chi connectivity index (χ4n) is 2.92. The Morgan fingerprint density at radius 3 is 2.90 bits per heavy atom. The summed E-state index contributed by atoms with van der Waals surface area (Å²) in [5.41, 5.74) is 6.98. The predicted molar refractivity (Wildman–Crippen MR) is 78.8 cm³/mol. The molecular weight excluding hydrogens is 276 g/mol. The molecule has 0 aliphatic carbocycles. The van der Waals surface area contributed by atoms with E-state index >= 15 is 0 Å². The van der Waals surface area contributed by atoms with E-state index in [1.807, 2.05) is 0 Å². The summed E-state index contributed by atoms with van der Waals surface area (Å²) in [6, 6.07) is 3.34. The Hall–Kier alpha value is -1.59. The number of carbonyl (C=O) groups excluding carboxylic acids is 1. The molecule has 1 aliphatic heterocycles. The van der Waals surface area contributed by atoms with E-state index in [0.29, 0.717) is 16.1 Å². The van der Waals surface area contributed by atoms with Crippen molar-refractivity contribution in [2.75, 3.05) is 13.6 Å². The highest BCUT2D eigenvalue weighted by Gasteiger charge is 2.38. The van der Waals surface area contributed by atoms with Gasteiger partial charge in [0.25, 0.3) is 5.91 Å². The number of hydrogen-bond acceptors (Lipinski definition) is 3. The minimum absolute atomic E-state index is 0.138. The molecule has 1 fully saturated rings. The molecule has 1 saturated heterocycles. The molecule has 1 amide bonds. The van der Waals surface area contributed by atoms with E-state index in [1.54, 1.807) is 12.1 Å². The molecule has 1 aliphatic rings. The van der Waals surface area contributed by atoms with E-state index < -0.39 is 5.91 Å². The monoisotopic (exact) mass is 292 g/mol. The van der Waals surface area contributed by atoms with Crippen LogP contribution in [0.5, 0.6) is 0 Å². The summed E-state index contributed by atoms with van der Waals surface area (Å²) in [4.78, 5) is 21.7. The number of nitrogens with two attached hydrogens (primary N) is 1. The van der Waals surface area contributed by atoms with Crippen LogP contribution in [0, 0.1) is 0 Å². The fourth-order valence-corrected chi connectivity index (χ4v) is 3.14. The molecule has 106 valence electrons. The molecule has 0 bridgehead atoms. The Morgan fingerprint density at radius 1 is 1.55 bits per heavy atom. The predicted octanol–water partition coefficient (Wildman–Crippen LogP) is 2.26. The van der Waals surface area contributed by atoms with Crippen molar-refractivity contribution in [3.8, 4) is 0 Å². The quantitative estimate of drug-likeness (QED) is 0.891.